The summed E-state index contributed by atoms with van der Waals surface area (Å²) in [6.45, 7) is 4.16. The number of nitrogens with one attached hydrogen (secondary N) is 2. The number of halogens is 1. The Bertz CT molecular complexity index is 348. The number of hydrogen-bond acceptors (Lipinski definition) is 3. The standard InChI is InChI=1S/C11H18FN3OS/c1-8-9(2)17-10(15-8)4-3-6-13-11(16)14-7-5-12/h3-7H2,1-2H3,(H2,13,14,16). The van der Waals surface area contributed by atoms with Gasteiger partial charge >= 0.3 is 6.03 Å². The van der Waals surface area contributed by atoms with Crippen LogP contribution in [0, 0.1) is 13.8 Å². The van der Waals surface area contributed by atoms with E-state index in [4.69, 9.17) is 0 Å². The van der Waals surface area contributed by atoms with Crippen LogP contribution in [0.3, 0.4) is 0 Å². The van der Waals surface area contributed by atoms with Gasteiger partial charge in [0.25, 0.3) is 0 Å². The van der Waals surface area contributed by atoms with Crippen LogP contribution in [-0.4, -0.2) is 30.8 Å². The number of amides is 2. The van der Waals surface area contributed by atoms with Crippen molar-refractivity contribution in [1.29, 1.82) is 0 Å². The Morgan fingerprint density at radius 1 is 1.35 bits per heavy atom. The third kappa shape index (κ3) is 5.12. The Hall–Kier alpha value is -1.17. The molecule has 6 heteroatoms. The predicted molar refractivity (Wildman–Crippen MR) is 67.3 cm³/mol. The molecule has 2 N–H and O–H groups in total. The number of carbonyl (C=O) groups excluding carboxylic acids is 1. The topological polar surface area (TPSA) is 54.0 Å². The van der Waals surface area contributed by atoms with Gasteiger partial charge in [0.05, 0.1) is 10.7 Å². The summed E-state index contributed by atoms with van der Waals surface area (Å²) in [5.41, 5.74) is 1.08. The number of rotatable bonds is 6. The van der Waals surface area contributed by atoms with Crippen LogP contribution in [0.5, 0.6) is 0 Å². The Morgan fingerprint density at radius 2 is 2.06 bits per heavy atom. The fraction of sp³-hybridized carbons (Fsp3) is 0.636. The van der Waals surface area contributed by atoms with Crippen LogP contribution >= 0.6 is 11.3 Å². The van der Waals surface area contributed by atoms with E-state index < -0.39 is 6.67 Å². The molecule has 0 spiro atoms. The summed E-state index contributed by atoms with van der Waals surface area (Å²) < 4.78 is 11.8. The summed E-state index contributed by atoms with van der Waals surface area (Å²) in [6, 6.07) is -0.311. The first-order chi connectivity index (χ1) is 8.13. The van der Waals surface area contributed by atoms with Gasteiger partial charge in [-0.1, -0.05) is 0 Å². The lowest BCUT2D eigenvalue weighted by molar-refractivity contribution is 0.239. The summed E-state index contributed by atoms with van der Waals surface area (Å²) in [5, 5.41) is 6.18. The number of aryl methyl sites for hydroxylation is 3. The third-order valence-electron chi connectivity index (χ3n) is 2.31. The fourth-order valence-corrected chi connectivity index (χ4v) is 2.29. The molecule has 0 aliphatic heterocycles. The van der Waals surface area contributed by atoms with E-state index in [1.165, 1.54) is 4.88 Å². The highest BCUT2D eigenvalue weighted by molar-refractivity contribution is 7.11. The first-order valence-electron chi connectivity index (χ1n) is 5.64. The lowest BCUT2D eigenvalue weighted by atomic mass is 10.3. The zero-order valence-electron chi connectivity index (χ0n) is 10.2. The van der Waals surface area contributed by atoms with E-state index >= 15 is 0 Å². The highest BCUT2D eigenvalue weighted by atomic mass is 32.1. The van der Waals surface area contributed by atoms with E-state index in [1.54, 1.807) is 11.3 Å². The quantitative estimate of drug-likeness (QED) is 0.767. The van der Waals surface area contributed by atoms with E-state index in [1.807, 2.05) is 6.92 Å². The molecule has 0 saturated heterocycles. The predicted octanol–water partition coefficient (Wildman–Crippen LogP) is 1.96. The lowest BCUT2D eigenvalue weighted by Crippen LogP contribution is -2.37. The maximum absolute atomic E-state index is 11.8. The maximum Gasteiger partial charge on any atom is 0.314 e. The molecule has 0 fully saturated rings. The van der Waals surface area contributed by atoms with Crippen LogP contribution in [0.4, 0.5) is 9.18 Å². The average molecular weight is 259 g/mol. The van der Waals surface area contributed by atoms with Crippen molar-refractivity contribution >= 4 is 17.4 Å². The lowest BCUT2D eigenvalue weighted by Gasteiger charge is -2.04. The minimum Gasteiger partial charge on any atom is -0.338 e. The molecule has 0 saturated carbocycles. The molecule has 17 heavy (non-hydrogen) atoms. The summed E-state index contributed by atoms with van der Waals surface area (Å²) in [4.78, 5) is 16.7. The molecule has 1 heterocycles. The first kappa shape index (κ1) is 13.9. The number of urea groups is 1. The zero-order chi connectivity index (χ0) is 12.7. The Labute approximate surface area is 105 Å². The van der Waals surface area contributed by atoms with Crippen LogP contribution in [0.2, 0.25) is 0 Å². The van der Waals surface area contributed by atoms with Crippen LogP contribution in [0.1, 0.15) is 22.0 Å². The number of hydrogen-bond donors (Lipinski definition) is 2. The second-order valence-electron chi connectivity index (χ2n) is 3.72. The highest BCUT2D eigenvalue weighted by Gasteiger charge is 2.03. The van der Waals surface area contributed by atoms with Crippen molar-refractivity contribution < 1.29 is 9.18 Å². The van der Waals surface area contributed by atoms with Gasteiger partial charge in [-0.15, -0.1) is 11.3 Å². The van der Waals surface area contributed by atoms with Crippen LogP contribution in [0.15, 0.2) is 0 Å². The molecule has 1 rings (SSSR count). The van der Waals surface area contributed by atoms with Gasteiger partial charge in [0.2, 0.25) is 0 Å². The summed E-state index contributed by atoms with van der Waals surface area (Å²) in [5.74, 6) is 0. The van der Waals surface area contributed by atoms with Gasteiger partial charge in [-0.05, 0) is 20.3 Å². The minimum atomic E-state index is -0.537. The van der Waals surface area contributed by atoms with Crippen molar-refractivity contribution in [2.45, 2.75) is 26.7 Å². The number of nitrogens with zero attached hydrogens (tertiary/aromatic N) is 1. The van der Waals surface area contributed by atoms with Gasteiger partial charge < -0.3 is 10.6 Å². The SMILES string of the molecule is Cc1nc(CCCNC(=O)NCCF)sc1C. The molecule has 1 aromatic heterocycles. The number of thiazole rings is 1. The van der Waals surface area contributed by atoms with Gasteiger partial charge in [0.1, 0.15) is 6.67 Å². The van der Waals surface area contributed by atoms with E-state index in [0.717, 1.165) is 23.5 Å². The molecule has 0 radical (unpaired) electrons. The van der Waals surface area contributed by atoms with Gasteiger partial charge in [-0.2, -0.15) is 0 Å². The van der Waals surface area contributed by atoms with Crippen LogP contribution < -0.4 is 10.6 Å². The molecule has 0 aliphatic carbocycles. The maximum atomic E-state index is 11.8. The molecular weight excluding hydrogens is 241 g/mol. The Morgan fingerprint density at radius 3 is 2.65 bits per heavy atom. The second-order valence-corrected chi connectivity index (χ2v) is 5.01. The molecule has 0 atom stereocenters. The molecule has 0 aromatic carbocycles. The molecular formula is C11H18FN3OS. The van der Waals surface area contributed by atoms with Gasteiger partial charge in [-0.25, -0.2) is 14.2 Å². The fourth-order valence-electron chi connectivity index (χ4n) is 1.31. The average Bonchev–Trinajstić information content (AvgIpc) is 2.61. The molecule has 0 aliphatic rings. The molecule has 2 amide bonds. The number of aromatic nitrogens is 1. The van der Waals surface area contributed by atoms with Crippen molar-refractivity contribution in [3.63, 3.8) is 0 Å². The zero-order valence-corrected chi connectivity index (χ0v) is 11.0. The van der Waals surface area contributed by atoms with Crippen molar-refractivity contribution in [2.24, 2.45) is 0 Å². The minimum absolute atomic E-state index is 0.0662. The largest absolute Gasteiger partial charge is 0.338 e. The molecule has 0 bridgehead atoms. The van der Waals surface area contributed by atoms with Gasteiger partial charge in [0.15, 0.2) is 0 Å². The van der Waals surface area contributed by atoms with E-state index in [2.05, 4.69) is 22.5 Å². The summed E-state index contributed by atoms with van der Waals surface area (Å²) >= 11 is 1.70. The third-order valence-corrected chi connectivity index (χ3v) is 3.44. The van der Waals surface area contributed by atoms with Crippen molar-refractivity contribution in [1.82, 2.24) is 15.6 Å². The molecule has 96 valence electrons. The van der Waals surface area contributed by atoms with Crippen molar-refractivity contribution in [3.8, 4) is 0 Å². The normalized spacial score (nSPS) is 10.3. The smallest absolute Gasteiger partial charge is 0.314 e. The van der Waals surface area contributed by atoms with Crippen molar-refractivity contribution in [2.75, 3.05) is 19.8 Å². The van der Waals surface area contributed by atoms with Gasteiger partial charge in [-0.3, -0.25) is 0 Å². The van der Waals surface area contributed by atoms with Gasteiger partial charge in [0, 0.05) is 24.4 Å². The Balaban J connectivity index is 2.14. The molecule has 1 aromatic rings. The first-order valence-corrected chi connectivity index (χ1v) is 6.45. The van der Waals surface area contributed by atoms with E-state index in [-0.39, 0.29) is 12.6 Å². The van der Waals surface area contributed by atoms with Crippen LogP contribution in [-0.2, 0) is 6.42 Å². The summed E-state index contributed by atoms with van der Waals surface area (Å²) in [7, 11) is 0. The summed E-state index contributed by atoms with van der Waals surface area (Å²) in [6.07, 6.45) is 1.71. The molecule has 4 nitrogen and oxygen atoms in total. The monoisotopic (exact) mass is 259 g/mol. The second kappa shape index (κ2) is 7.21. The number of carbonyl (C=O) groups is 1. The Kier molecular flexibility index (Phi) is 5.90. The van der Waals surface area contributed by atoms with E-state index in [0.29, 0.717) is 6.54 Å². The van der Waals surface area contributed by atoms with E-state index in [9.17, 15) is 9.18 Å². The highest BCUT2D eigenvalue weighted by Crippen LogP contribution is 2.17. The molecule has 0 unspecified atom stereocenters. The van der Waals surface area contributed by atoms with Crippen LogP contribution in [0.25, 0.3) is 0 Å². The van der Waals surface area contributed by atoms with Crippen molar-refractivity contribution in [3.05, 3.63) is 15.6 Å². The number of alkyl halides is 1.